The molecule has 1 aromatic carbocycles. The minimum absolute atomic E-state index is 0.0940. The molecule has 4 heteroatoms. The van der Waals surface area contributed by atoms with Crippen molar-refractivity contribution in [3.8, 4) is 0 Å². The fourth-order valence-corrected chi connectivity index (χ4v) is 2.00. The van der Waals surface area contributed by atoms with Gasteiger partial charge in [-0.25, -0.2) is 0 Å². The number of nitrogen functional groups attached to an aromatic ring is 1. The van der Waals surface area contributed by atoms with Crippen LogP contribution in [-0.2, 0) is 17.8 Å². The summed E-state index contributed by atoms with van der Waals surface area (Å²) in [5.74, 6) is 0. The number of fused-ring (bicyclic) bond motifs is 1. The molecule has 0 aliphatic carbocycles. The van der Waals surface area contributed by atoms with E-state index in [0.29, 0.717) is 13.2 Å². The lowest BCUT2D eigenvalue weighted by Crippen LogP contribution is -2.22. The maximum atomic E-state index is 8.58. The Kier molecular flexibility index (Phi) is 3.77. The van der Waals surface area contributed by atoms with Gasteiger partial charge in [-0.1, -0.05) is 6.07 Å². The summed E-state index contributed by atoms with van der Waals surface area (Å²) in [4.78, 5) is 2.32. The van der Waals surface area contributed by atoms with Crippen LogP contribution in [0.2, 0.25) is 0 Å². The van der Waals surface area contributed by atoms with Gasteiger partial charge in [-0.3, -0.25) is 4.90 Å². The van der Waals surface area contributed by atoms with Gasteiger partial charge in [-0.05, 0) is 23.3 Å². The third-order valence-electron chi connectivity index (χ3n) is 2.81. The average molecular weight is 222 g/mol. The van der Waals surface area contributed by atoms with Crippen molar-refractivity contribution in [2.75, 3.05) is 32.1 Å². The number of aliphatic hydroxyl groups is 1. The number of aliphatic hydroxyl groups excluding tert-OH is 1. The quantitative estimate of drug-likeness (QED) is 0.565. The summed E-state index contributed by atoms with van der Waals surface area (Å²) in [6.45, 7) is 4.00. The smallest absolute Gasteiger partial charge is 0.0698 e. The van der Waals surface area contributed by atoms with E-state index in [9.17, 15) is 0 Å². The molecule has 0 amide bonds. The van der Waals surface area contributed by atoms with Crippen molar-refractivity contribution < 1.29 is 9.84 Å². The van der Waals surface area contributed by atoms with Crippen LogP contribution >= 0.6 is 0 Å². The molecule has 1 aliphatic heterocycles. The molecule has 1 aliphatic rings. The van der Waals surface area contributed by atoms with E-state index in [0.717, 1.165) is 25.3 Å². The zero-order valence-electron chi connectivity index (χ0n) is 9.35. The lowest BCUT2D eigenvalue weighted by atomic mass is 10.1. The lowest BCUT2D eigenvalue weighted by molar-refractivity contribution is 0.0731. The number of benzene rings is 1. The molecule has 4 nitrogen and oxygen atoms in total. The van der Waals surface area contributed by atoms with Gasteiger partial charge >= 0.3 is 0 Å². The van der Waals surface area contributed by atoms with Crippen molar-refractivity contribution in [2.45, 2.75) is 13.1 Å². The van der Waals surface area contributed by atoms with Crippen LogP contribution in [0.1, 0.15) is 11.1 Å². The van der Waals surface area contributed by atoms with Gasteiger partial charge in [0.05, 0.1) is 19.8 Å². The topological polar surface area (TPSA) is 58.7 Å². The monoisotopic (exact) mass is 222 g/mol. The molecule has 3 N–H and O–H groups in total. The van der Waals surface area contributed by atoms with E-state index in [1.807, 2.05) is 12.1 Å². The first-order chi connectivity index (χ1) is 7.79. The Morgan fingerprint density at radius 2 is 2.06 bits per heavy atom. The van der Waals surface area contributed by atoms with Crippen molar-refractivity contribution in [1.29, 1.82) is 0 Å². The first kappa shape index (κ1) is 11.4. The fourth-order valence-electron chi connectivity index (χ4n) is 2.00. The number of ether oxygens (including phenoxy) is 1. The number of hydrogen-bond acceptors (Lipinski definition) is 4. The van der Waals surface area contributed by atoms with Gasteiger partial charge < -0.3 is 15.6 Å². The van der Waals surface area contributed by atoms with Crippen LogP contribution in [0.25, 0.3) is 0 Å². The number of rotatable bonds is 5. The van der Waals surface area contributed by atoms with Crippen molar-refractivity contribution in [2.24, 2.45) is 0 Å². The third kappa shape index (κ3) is 2.72. The second-order valence-electron chi connectivity index (χ2n) is 4.07. The van der Waals surface area contributed by atoms with Crippen LogP contribution in [-0.4, -0.2) is 36.4 Å². The van der Waals surface area contributed by atoms with Crippen molar-refractivity contribution >= 4 is 5.69 Å². The van der Waals surface area contributed by atoms with Crippen molar-refractivity contribution in [1.82, 2.24) is 4.90 Å². The lowest BCUT2D eigenvalue weighted by Gasteiger charge is -2.14. The Morgan fingerprint density at radius 1 is 1.25 bits per heavy atom. The van der Waals surface area contributed by atoms with Gasteiger partial charge in [0.15, 0.2) is 0 Å². The van der Waals surface area contributed by atoms with Gasteiger partial charge in [0.2, 0.25) is 0 Å². The third-order valence-corrected chi connectivity index (χ3v) is 2.81. The van der Waals surface area contributed by atoms with Gasteiger partial charge in [0, 0.05) is 25.3 Å². The zero-order valence-corrected chi connectivity index (χ0v) is 9.35. The second-order valence-corrected chi connectivity index (χ2v) is 4.07. The van der Waals surface area contributed by atoms with Crippen molar-refractivity contribution in [3.05, 3.63) is 29.3 Å². The highest BCUT2D eigenvalue weighted by molar-refractivity contribution is 5.46. The van der Waals surface area contributed by atoms with Gasteiger partial charge in [-0.2, -0.15) is 0 Å². The van der Waals surface area contributed by atoms with E-state index in [2.05, 4.69) is 11.0 Å². The highest BCUT2D eigenvalue weighted by Crippen LogP contribution is 2.24. The zero-order chi connectivity index (χ0) is 11.4. The molecule has 0 unspecified atom stereocenters. The molecule has 1 aromatic rings. The largest absolute Gasteiger partial charge is 0.399 e. The molecule has 0 saturated carbocycles. The average Bonchev–Trinajstić information content (AvgIpc) is 2.66. The Hall–Kier alpha value is -1.10. The Morgan fingerprint density at radius 3 is 2.88 bits per heavy atom. The van der Waals surface area contributed by atoms with Gasteiger partial charge in [0.1, 0.15) is 0 Å². The maximum Gasteiger partial charge on any atom is 0.0698 e. The Balaban J connectivity index is 1.81. The predicted molar refractivity (Wildman–Crippen MR) is 62.9 cm³/mol. The van der Waals surface area contributed by atoms with Crippen LogP contribution in [0, 0.1) is 0 Å². The van der Waals surface area contributed by atoms with E-state index >= 15 is 0 Å². The molecule has 0 radical (unpaired) electrons. The molecule has 2 rings (SSSR count). The Bertz CT molecular complexity index is 355. The van der Waals surface area contributed by atoms with Gasteiger partial charge in [0.25, 0.3) is 0 Å². The summed E-state index contributed by atoms with van der Waals surface area (Å²) in [5, 5.41) is 8.58. The summed E-state index contributed by atoms with van der Waals surface area (Å²) in [5.41, 5.74) is 9.25. The fraction of sp³-hybridized carbons (Fsp3) is 0.500. The van der Waals surface area contributed by atoms with Gasteiger partial charge in [-0.15, -0.1) is 0 Å². The van der Waals surface area contributed by atoms with E-state index in [1.54, 1.807) is 0 Å². The summed E-state index contributed by atoms with van der Waals surface area (Å²) in [6, 6.07) is 6.09. The normalized spacial score (nSPS) is 15.3. The Labute approximate surface area is 95.6 Å². The molecule has 0 bridgehead atoms. The number of nitrogens with zero attached hydrogens (tertiary/aromatic N) is 1. The number of hydrogen-bond donors (Lipinski definition) is 2. The number of anilines is 1. The SMILES string of the molecule is Nc1ccc2c(c1)CN(CCOCCO)C2. The van der Waals surface area contributed by atoms with E-state index in [4.69, 9.17) is 15.6 Å². The second kappa shape index (κ2) is 5.30. The molecule has 0 spiro atoms. The molecule has 0 saturated heterocycles. The minimum Gasteiger partial charge on any atom is -0.399 e. The van der Waals surface area contributed by atoms with E-state index in [-0.39, 0.29) is 6.61 Å². The summed E-state index contributed by atoms with van der Waals surface area (Å²) in [6.07, 6.45) is 0. The predicted octanol–water partition coefficient (Wildman–Crippen LogP) is 0.593. The minimum atomic E-state index is 0.0940. The first-order valence-electron chi connectivity index (χ1n) is 5.58. The molecule has 1 heterocycles. The molecule has 0 atom stereocenters. The van der Waals surface area contributed by atoms with Crippen LogP contribution in [0.4, 0.5) is 5.69 Å². The maximum absolute atomic E-state index is 8.58. The van der Waals surface area contributed by atoms with E-state index in [1.165, 1.54) is 11.1 Å². The molecular weight excluding hydrogens is 204 g/mol. The van der Waals surface area contributed by atoms with Crippen molar-refractivity contribution in [3.63, 3.8) is 0 Å². The molecule has 16 heavy (non-hydrogen) atoms. The molecular formula is C12H18N2O2. The van der Waals surface area contributed by atoms with Crippen LogP contribution in [0.3, 0.4) is 0 Å². The molecule has 0 fully saturated rings. The van der Waals surface area contributed by atoms with Crippen LogP contribution in [0.15, 0.2) is 18.2 Å². The number of nitrogens with two attached hydrogens (primary N) is 1. The summed E-state index contributed by atoms with van der Waals surface area (Å²) < 4.78 is 5.25. The summed E-state index contributed by atoms with van der Waals surface area (Å²) >= 11 is 0. The standard InChI is InChI=1S/C12H18N2O2/c13-12-2-1-10-8-14(9-11(10)7-12)3-5-16-6-4-15/h1-2,7,15H,3-6,8-9,13H2. The highest BCUT2D eigenvalue weighted by atomic mass is 16.5. The summed E-state index contributed by atoms with van der Waals surface area (Å²) in [7, 11) is 0. The van der Waals surface area contributed by atoms with E-state index < -0.39 is 0 Å². The van der Waals surface area contributed by atoms with Crippen LogP contribution < -0.4 is 5.73 Å². The first-order valence-corrected chi connectivity index (χ1v) is 5.58. The highest BCUT2D eigenvalue weighted by Gasteiger charge is 2.18. The molecule has 0 aromatic heterocycles. The molecule has 88 valence electrons. The van der Waals surface area contributed by atoms with Crippen LogP contribution in [0.5, 0.6) is 0 Å².